The fourth-order valence-electron chi connectivity index (χ4n) is 7.41. The number of carbonyl (C=O) groups is 2. The molecule has 0 radical (unpaired) electrons. The molecule has 176 valence electrons. The first kappa shape index (κ1) is 22.0. The lowest BCUT2D eigenvalue weighted by molar-refractivity contribution is -0.123. The van der Waals surface area contributed by atoms with Gasteiger partial charge in [0.15, 0.2) is 0 Å². The molecule has 0 aromatic heterocycles. The lowest BCUT2D eigenvalue weighted by atomic mass is 9.48. The van der Waals surface area contributed by atoms with E-state index in [-0.39, 0.29) is 16.6 Å². The van der Waals surface area contributed by atoms with E-state index in [1.54, 1.807) is 7.11 Å². The van der Waals surface area contributed by atoms with Crippen LogP contribution in [0.2, 0.25) is 0 Å². The second kappa shape index (κ2) is 8.30. The summed E-state index contributed by atoms with van der Waals surface area (Å²) in [5.41, 5.74) is 4.64. The molecule has 1 saturated heterocycles. The second-order valence-electron chi connectivity index (χ2n) is 10.9. The van der Waals surface area contributed by atoms with E-state index in [9.17, 15) is 9.59 Å². The van der Waals surface area contributed by atoms with Crippen molar-refractivity contribution in [1.29, 1.82) is 0 Å². The average molecular weight is 474 g/mol. The van der Waals surface area contributed by atoms with Gasteiger partial charge in [-0.3, -0.25) is 14.5 Å². The molecule has 0 atom stereocenters. The van der Waals surface area contributed by atoms with Crippen LogP contribution in [0.4, 0.5) is 4.79 Å². The fourth-order valence-corrected chi connectivity index (χ4v) is 8.24. The van der Waals surface area contributed by atoms with E-state index in [4.69, 9.17) is 4.74 Å². The number of rotatable bonds is 5. The van der Waals surface area contributed by atoms with Gasteiger partial charge in [-0.1, -0.05) is 35.9 Å². The molecule has 2 aromatic rings. The molecule has 1 aliphatic heterocycles. The monoisotopic (exact) mass is 473 g/mol. The molecule has 4 aliphatic carbocycles. The highest BCUT2D eigenvalue weighted by atomic mass is 32.2. The smallest absolute Gasteiger partial charge is 0.293 e. The minimum absolute atomic E-state index is 0.214. The first-order chi connectivity index (χ1) is 16.4. The molecule has 4 saturated carbocycles. The molecule has 5 fully saturated rings. The van der Waals surface area contributed by atoms with Crippen LogP contribution in [0.5, 0.6) is 5.75 Å². The van der Waals surface area contributed by atoms with Crippen molar-refractivity contribution in [2.45, 2.75) is 57.4 Å². The van der Waals surface area contributed by atoms with E-state index in [2.05, 4.69) is 18.2 Å². The zero-order valence-corrected chi connectivity index (χ0v) is 20.7. The Labute approximate surface area is 205 Å². The summed E-state index contributed by atoms with van der Waals surface area (Å²) in [6.07, 6.45) is 9.97. The normalized spacial score (nSPS) is 31.1. The SMILES string of the molecule is COc1ccc(C23CC4CC(CC(C4)C2)C3)cc1/C=C1\SC(=O)N(Cc2cccc(C)c2)C1=O. The standard InChI is InChI=1S/C29H31NO3S/c1-18-4-3-5-19(8-18)17-30-27(31)26(34-28(30)32)13-23-12-24(6-7-25(23)33-2)29-14-20-9-21(15-29)11-22(10-20)16-29/h3-8,12-13,20-22H,9-11,14-17H2,1-2H3/b26-13-. The van der Waals surface area contributed by atoms with Gasteiger partial charge in [0, 0.05) is 5.56 Å². The fraction of sp³-hybridized carbons (Fsp3) is 0.448. The first-order valence-corrected chi connectivity index (χ1v) is 13.2. The largest absolute Gasteiger partial charge is 0.496 e. The van der Waals surface area contributed by atoms with Gasteiger partial charge < -0.3 is 4.74 Å². The van der Waals surface area contributed by atoms with Crippen LogP contribution >= 0.6 is 11.8 Å². The number of aryl methyl sites for hydroxylation is 1. The Morgan fingerprint density at radius 3 is 2.38 bits per heavy atom. The summed E-state index contributed by atoms with van der Waals surface area (Å²) < 4.78 is 5.66. The van der Waals surface area contributed by atoms with Gasteiger partial charge in [0.2, 0.25) is 0 Å². The zero-order valence-electron chi connectivity index (χ0n) is 19.9. The summed E-state index contributed by atoms with van der Waals surface area (Å²) in [5.74, 6) is 3.14. The predicted octanol–water partition coefficient (Wildman–Crippen LogP) is 6.71. The van der Waals surface area contributed by atoms with E-state index in [0.29, 0.717) is 11.4 Å². The number of thioether (sulfide) groups is 1. The number of ether oxygens (including phenoxy) is 1. The molecular weight excluding hydrogens is 442 g/mol. The molecule has 2 aromatic carbocycles. The van der Waals surface area contributed by atoms with Crippen molar-refractivity contribution in [3.05, 3.63) is 69.6 Å². The number of hydrogen-bond acceptors (Lipinski definition) is 4. The highest BCUT2D eigenvalue weighted by Gasteiger charge is 2.51. The van der Waals surface area contributed by atoms with Crippen LogP contribution in [0.15, 0.2) is 47.4 Å². The van der Waals surface area contributed by atoms with Gasteiger partial charge in [-0.05, 0) is 110 Å². The van der Waals surface area contributed by atoms with Crippen molar-refractivity contribution in [3.8, 4) is 5.75 Å². The van der Waals surface area contributed by atoms with Gasteiger partial charge in [-0.25, -0.2) is 0 Å². The summed E-state index contributed by atoms with van der Waals surface area (Å²) in [4.78, 5) is 27.7. The van der Waals surface area contributed by atoms with E-state index in [1.807, 2.05) is 37.3 Å². The van der Waals surface area contributed by atoms with Crippen LogP contribution in [-0.4, -0.2) is 23.2 Å². The maximum Gasteiger partial charge on any atom is 0.293 e. The maximum atomic E-state index is 13.2. The summed E-state index contributed by atoms with van der Waals surface area (Å²) in [5, 5.41) is -0.214. The van der Waals surface area contributed by atoms with E-state index in [0.717, 1.165) is 52.0 Å². The molecule has 7 rings (SSSR count). The third-order valence-corrected chi connectivity index (χ3v) is 9.37. The third-order valence-electron chi connectivity index (χ3n) is 8.46. The van der Waals surface area contributed by atoms with Crippen molar-refractivity contribution in [1.82, 2.24) is 4.90 Å². The summed E-state index contributed by atoms with van der Waals surface area (Å²) in [7, 11) is 1.67. The average Bonchev–Trinajstić information content (AvgIpc) is 3.05. The minimum atomic E-state index is -0.223. The second-order valence-corrected chi connectivity index (χ2v) is 11.9. The van der Waals surface area contributed by atoms with Crippen LogP contribution in [0.1, 0.15) is 60.8 Å². The van der Waals surface area contributed by atoms with Crippen LogP contribution < -0.4 is 4.74 Å². The Bertz CT molecular complexity index is 1160. The number of imide groups is 1. The molecule has 0 N–H and O–H groups in total. The summed E-state index contributed by atoms with van der Waals surface area (Å²) >= 11 is 1.03. The van der Waals surface area contributed by atoms with Gasteiger partial charge in [0.05, 0.1) is 18.6 Å². The molecule has 5 aliphatic rings. The number of carbonyl (C=O) groups excluding carboxylic acids is 2. The van der Waals surface area contributed by atoms with Gasteiger partial charge in [-0.2, -0.15) is 0 Å². The molecule has 0 unspecified atom stereocenters. The summed E-state index contributed by atoms with van der Waals surface area (Å²) in [6, 6.07) is 14.5. The molecule has 2 amide bonds. The van der Waals surface area contributed by atoms with E-state index < -0.39 is 0 Å². The minimum Gasteiger partial charge on any atom is -0.496 e. The molecule has 34 heavy (non-hydrogen) atoms. The van der Waals surface area contributed by atoms with E-state index in [1.165, 1.54) is 49.0 Å². The molecular formula is C29H31NO3S. The Hall–Kier alpha value is -2.53. The maximum absolute atomic E-state index is 13.2. The number of amides is 2. The van der Waals surface area contributed by atoms with Gasteiger partial charge >= 0.3 is 0 Å². The zero-order chi connectivity index (χ0) is 23.4. The first-order valence-electron chi connectivity index (χ1n) is 12.4. The highest BCUT2D eigenvalue weighted by Crippen LogP contribution is 2.61. The van der Waals surface area contributed by atoms with Crippen LogP contribution in [0.3, 0.4) is 0 Å². The molecule has 5 heteroatoms. The van der Waals surface area contributed by atoms with E-state index >= 15 is 0 Å². The van der Waals surface area contributed by atoms with Crippen molar-refractivity contribution in [2.75, 3.05) is 7.11 Å². The van der Waals surface area contributed by atoms with Crippen LogP contribution in [-0.2, 0) is 16.8 Å². The lowest BCUT2D eigenvalue weighted by Crippen LogP contribution is -2.48. The number of benzene rings is 2. The van der Waals surface area contributed by atoms with Crippen molar-refractivity contribution >= 4 is 29.0 Å². The number of hydrogen-bond donors (Lipinski definition) is 0. The topological polar surface area (TPSA) is 46.6 Å². The van der Waals surface area contributed by atoms with Crippen molar-refractivity contribution in [2.24, 2.45) is 17.8 Å². The van der Waals surface area contributed by atoms with Crippen molar-refractivity contribution < 1.29 is 14.3 Å². The molecule has 1 heterocycles. The Morgan fingerprint density at radius 1 is 1.03 bits per heavy atom. The number of methoxy groups -OCH3 is 1. The van der Waals surface area contributed by atoms with Gasteiger partial charge in [-0.15, -0.1) is 0 Å². The Morgan fingerprint density at radius 2 is 1.74 bits per heavy atom. The number of nitrogens with zero attached hydrogens (tertiary/aromatic N) is 1. The molecule has 4 bridgehead atoms. The Balaban J connectivity index is 1.30. The Kier molecular flexibility index (Phi) is 5.36. The molecule has 4 nitrogen and oxygen atoms in total. The van der Waals surface area contributed by atoms with Gasteiger partial charge in [0.25, 0.3) is 11.1 Å². The molecule has 0 spiro atoms. The predicted molar refractivity (Wildman–Crippen MR) is 136 cm³/mol. The highest BCUT2D eigenvalue weighted by molar-refractivity contribution is 8.18. The van der Waals surface area contributed by atoms with Crippen LogP contribution in [0.25, 0.3) is 6.08 Å². The van der Waals surface area contributed by atoms with Crippen LogP contribution in [0, 0.1) is 24.7 Å². The quantitative estimate of drug-likeness (QED) is 0.453. The lowest BCUT2D eigenvalue weighted by Gasteiger charge is -2.57. The van der Waals surface area contributed by atoms with Gasteiger partial charge in [0.1, 0.15) is 5.75 Å². The third kappa shape index (κ3) is 3.78. The van der Waals surface area contributed by atoms with Crippen molar-refractivity contribution in [3.63, 3.8) is 0 Å². The summed E-state index contributed by atoms with van der Waals surface area (Å²) in [6.45, 7) is 2.31.